The SMILES string of the molecule is c1ccc(-c2ccc(N(c3ccccc3-c3ccccc3)c3cccc4c3C3(c5ccccc5-c5ccccc53)c3ccc5ccccc5c3S4)cc2)cc1. The second kappa shape index (κ2) is 12.8. The van der Waals surface area contributed by atoms with Crippen molar-refractivity contribution in [2.75, 3.05) is 4.90 Å². The minimum Gasteiger partial charge on any atom is -0.309 e. The Morgan fingerprint density at radius 2 is 0.927 bits per heavy atom. The third-order valence-electron chi connectivity index (χ3n) is 11.5. The van der Waals surface area contributed by atoms with Gasteiger partial charge in [-0.25, -0.2) is 0 Å². The van der Waals surface area contributed by atoms with E-state index < -0.39 is 5.41 Å². The van der Waals surface area contributed by atoms with Gasteiger partial charge in [0.1, 0.15) is 0 Å². The molecule has 1 aliphatic heterocycles. The van der Waals surface area contributed by atoms with Gasteiger partial charge in [0, 0.05) is 26.6 Å². The van der Waals surface area contributed by atoms with Crippen LogP contribution in [0, 0.1) is 0 Å². The fraction of sp³-hybridized carbons (Fsp3) is 0.0189. The standard InChI is InChI=1S/C53H35NS/c1-3-16-36(17-4-1)37-30-33-40(34-31-37)54(48-27-14-11-21-41(48)38-18-5-2-6-19-38)49-28-15-29-50-51(49)53(47-35-32-39-20-7-8-22-42(39)52(47)55-50)45-25-12-9-23-43(45)44-24-10-13-26-46(44)53/h1-35H. The molecule has 0 saturated carbocycles. The van der Waals surface area contributed by atoms with Crippen LogP contribution in [0.25, 0.3) is 44.2 Å². The smallest absolute Gasteiger partial charge is 0.0756 e. The third-order valence-corrected chi connectivity index (χ3v) is 12.7. The number of fused-ring (bicyclic) bond motifs is 11. The molecule has 1 spiro atoms. The minimum atomic E-state index is -0.562. The highest BCUT2D eigenvalue weighted by molar-refractivity contribution is 7.99. The van der Waals surface area contributed by atoms with Crippen LogP contribution in [0.3, 0.4) is 0 Å². The molecule has 0 bridgehead atoms. The molecule has 0 atom stereocenters. The van der Waals surface area contributed by atoms with Crippen LogP contribution in [0.2, 0.25) is 0 Å². The van der Waals surface area contributed by atoms with E-state index in [0.717, 1.165) is 11.4 Å². The van der Waals surface area contributed by atoms with Crippen LogP contribution in [0.15, 0.2) is 222 Å². The second-order valence-electron chi connectivity index (χ2n) is 14.4. The normalized spacial score (nSPS) is 13.2. The first kappa shape index (κ1) is 31.9. The fourth-order valence-corrected chi connectivity index (χ4v) is 10.6. The monoisotopic (exact) mass is 717 g/mol. The lowest BCUT2D eigenvalue weighted by molar-refractivity contribution is 0.725. The van der Waals surface area contributed by atoms with Crippen LogP contribution < -0.4 is 4.90 Å². The zero-order valence-corrected chi connectivity index (χ0v) is 30.9. The Bertz CT molecular complexity index is 2850. The summed E-state index contributed by atoms with van der Waals surface area (Å²) < 4.78 is 0. The highest BCUT2D eigenvalue weighted by atomic mass is 32.2. The molecule has 1 aliphatic carbocycles. The van der Waals surface area contributed by atoms with Gasteiger partial charge in [0.05, 0.1) is 16.8 Å². The largest absolute Gasteiger partial charge is 0.309 e. The van der Waals surface area contributed by atoms with E-state index in [4.69, 9.17) is 0 Å². The lowest BCUT2D eigenvalue weighted by atomic mass is 9.66. The van der Waals surface area contributed by atoms with Crippen LogP contribution in [0.4, 0.5) is 17.1 Å². The predicted octanol–water partition coefficient (Wildman–Crippen LogP) is 14.5. The van der Waals surface area contributed by atoms with E-state index in [1.807, 2.05) is 11.8 Å². The summed E-state index contributed by atoms with van der Waals surface area (Å²) in [6, 6.07) is 78.3. The quantitative estimate of drug-likeness (QED) is 0.174. The molecule has 0 radical (unpaired) electrons. The Hall–Kier alpha value is -6.61. The van der Waals surface area contributed by atoms with Gasteiger partial charge in [-0.2, -0.15) is 0 Å². The van der Waals surface area contributed by atoms with Gasteiger partial charge in [-0.1, -0.05) is 194 Å². The van der Waals surface area contributed by atoms with Crippen molar-refractivity contribution in [2.45, 2.75) is 15.2 Å². The number of anilines is 3. The first-order valence-electron chi connectivity index (χ1n) is 18.9. The fourth-order valence-electron chi connectivity index (χ4n) is 9.23. The average molecular weight is 718 g/mol. The lowest BCUT2D eigenvalue weighted by Gasteiger charge is -2.43. The van der Waals surface area contributed by atoms with Crippen molar-refractivity contribution in [1.29, 1.82) is 0 Å². The second-order valence-corrected chi connectivity index (χ2v) is 15.4. The maximum Gasteiger partial charge on any atom is 0.0756 e. The molecule has 9 aromatic carbocycles. The summed E-state index contributed by atoms with van der Waals surface area (Å²) in [5, 5.41) is 2.56. The molecule has 1 nitrogen and oxygen atoms in total. The van der Waals surface area contributed by atoms with Gasteiger partial charge in [0.15, 0.2) is 0 Å². The van der Waals surface area contributed by atoms with Crippen LogP contribution in [-0.4, -0.2) is 0 Å². The van der Waals surface area contributed by atoms with Crippen molar-refractivity contribution < 1.29 is 0 Å². The Morgan fingerprint density at radius 3 is 1.65 bits per heavy atom. The van der Waals surface area contributed by atoms with Crippen molar-refractivity contribution in [1.82, 2.24) is 0 Å². The summed E-state index contributed by atoms with van der Waals surface area (Å²) in [5.74, 6) is 0. The molecule has 2 aliphatic rings. The summed E-state index contributed by atoms with van der Waals surface area (Å²) in [7, 11) is 0. The average Bonchev–Trinajstić information content (AvgIpc) is 3.55. The van der Waals surface area contributed by atoms with E-state index in [9.17, 15) is 0 Å². The highest BCUT2D eigenvalue weighted by Gasteiger charge is 2.52. The number of benzene rings is 9. The molecular weight excluding hydrogens is 683 g/mol. The molecule has 258 valence electrons. The summed E-state index contributed by atoms with van der Waals surface area (Å²) in [5.41, 5.74) is 15.5. The van der Waals surface area contributed by atoms with Crippen LogP contribution in [0.5, 0.6) is 0 Å². The number of para-hydroxylation sites is 1. The summed E-state index contributed by atoms with van der Waals surface area (Å²) in [6.45, 7) is 0. The van der Waals surface area contributed by atoms with E-state index >= 15 is 0 Å². The molecule has 2 heteroatoms. The third kappa shape index (κ3) is 4.82. The van der Waals surface area contributed by atoms with Crippen LogP contribution in [0.1, 0.15) is 22.3 Å². The van der Waals surface area contributed by atoms with E-state index in [1.165, 1.54) is 81.9 Å². The lowest BCUT2D eigenvalue weighted by Crippen LogP contribution is -2.34. The van der Waals surface area contributed by atoms with Crippen LogP contribution >= 0.6 is 11.8 Å². The molecule has 0 aromatic heterocycles. The molecule has 0 unspecified atom stereocenters. The highest BCUT2D eigenvalue weighted by Crippen LogP contribution is 2.65. The minimum absolute atomic E-state index is 0.562. The number of nitrogens with zero attached hydrogens (tertiary/aromatic N) is 1. The molecule has 9 aromatic rings. The van der Waals surface area contributed by atoms with Crippen molar-refractivity contribution in [3.63, 3.8) is 0 Å². The maximum atomic E-state index is 2.52. The molecular formula is C53H35NS. The van der Waals surface area contributed by atoms with Gasteiger partial charge in [0.2, 0.25) is 0 Å². The first-order valence-corrected chi connectivity index (χ1v) is 19.8. The van der Waals surface area contributed by atoms with Crippen LogP contribution in [-0.2, 0) is 5.41 Å². The Balaban J connectivity index is 1.25. The van der Waals surface area contributed by atoms with Gasteiger partial charge in [-0.15, -0.1) is 0 Å². The number of hydrogen-bond donors (Lipinski definition) is 0. The van der Waals surface area contributed by atoms with Gasteiger partial charge >= 0.3 is 0 Å². The van der Waals surface area contributed by atoms with Crippen molar-refractivity contribution in [2.24, 2.45) is 0 Å². The van der Waals surface area contributed by atoms with Crippen molar-refractivity contribution in [3.8, 4) is 33.4 Å². The van der Waals surface area contributed by atoms with Gasteiger partial charge < -0.3 is 4.90 Å². The van der Waals surface area contributed by atoms with E-state index in [1.54, 1.807) is 0 Å². The Morgan fingerprint density at radius 1 is 0.364 bits per heavy atom. The Kier molecular flexibility index (Phi) is 7.40. The summed E-state index contributed by atoms with van der Waals surface area (Å²) in [4.78, 5) is 5.13. The topological polar surface area (TPSA) is 3.24 Å². The zero-order chi connectivity index (χ0) is 36.3. The molecule has 0 N–H and O–H groups in total. The Labute approximate surface area is 326 Å². The first-order chi connectivity index (χ1) is 27.3. The molecule has 0 amide bonds. The van der Waals surface area contributed by atoms with Crippen molar-refractivity contribution >= 4 is 39.6 Å². The number of hydrogen-bond acceptors (Lipinski definition) is 2. The molecule has 11 rings (SSSR count). The zero-order valence-electron chi connectivity index (χ0n) is 30.1. The van der Waals surface area contributed by atoms with E-state index in [0.29, 0.717) is 0 Å². The van der Waals surface area contributed by atoms with Gasteiger partial charge in [-0.05, 0) is 85.6 Å². The maximum absolute atomic E-state index is 2.52. The van der Waals surface area contributed by atoms with Crippen molar-refractivity contribution in [3.05, 3.63) is 235 Å². The van der Waals surface area contributed by atoms with E-state index in [-0.39, 0.29) is 0 Å². The van der Waals surface area contributed by atoms with Gasteiger partial charge in [-0.3, -0.25) is 0 Å². The molecule has 0 fully saturated rings. The molecule has 55 heavy (non-hydrogen) atoms. The summed E-state index contributed by atoms with van der Waals surface area (Å²) >= 11 is 1.92. The predicted molar refractivity (Wildman–Crippen MR) is 231 cm³/mol. The molecule has 1 heterocycles. The summed E-state index contributed by atoms with van der Waals surface area (Å²) in [6.07, 6.45) is 0. The number of rotatable bonds is 5. The molecule has 0 saturated heterocycles. The van der Waals surface area contributed by atoms with Gasteiger partial charge in [0.25, 0.3) is 0 Å². The van der Waals surface area contributed by atoms with E-state index in [2.05, 4.69) is 217 Å².